The topological polar surface area (TPSA) is 47.6 Å². The van der Waals surface area contributed by atoms with Crippen LogP contribution >= 0.6 is 0 Å². The van der Waals surface area contributed by atoms with Crippen molar-refractivity contribution >= 4 is 22.4 Å². The molecule has 0 bridgehead atoms. The summed E-state index contributed by atoms with van der Waals surface area (Å²) < 4.78 is 10.6. The third kappa shape index (κ3) is 3.58. The molecule has 0 saturated heterocycles. The van der Waals surface area contributed by atoms with Gasteiger partial charge in [0.2, 0.25) is 5.91 Å². The number of carbonyl (C=O) groups excluding carboxylic acids is 1. The Bertz CT molecular complexity index is 913. The molecule has 0 spiro atoms. The molecule has 1 N–H and O–H groups in total. The van der Waals surface area contributed by atoms with Gasteiger partial charge in [-0.15, -0.1) is 0 Å². The van der Waals surface area contributed by atoms with E-state index in [1.54, 1.807) is 20.3 Å². The zero-order chi connectivity index (χ0) is 17.8. The second-order valence-corrected chi connectivity index (χ2v) is 5.89. The van der Waals surface area contributed by atoms with Crippen molar-refractivity contribution in [1.29, 1.82) is 0 Å². The van der Waals surface area contributed by atoms with Crippen molar-refractivity contribution in [2.24, 2.45) is 0 Å². The number of anilines is 1. The summed E-state index contributed by atoms with van der Waals surface area (Å²) in [5, 5.41) is 5.21. The van der Waals surface area contributed by atoms with Crippen LogP contribution in [0, 0.1) is 6.92 Å². The third-order valence-electron chi connectivity index (χ3n) is 4.24. The number of amides is 1. The van der Waals surface area contributed by atoms with Gasteiger partial charge in [0.25, 0.3) is 0 Å². The zero-order valence-electron chi connectivity index (χ0n) is 14.6. The second-order valence-electron chi connectivity index (χ2n) is 5.89. The van der Waals surface area contributed by atoms with E-state index in [9.17, 15) is 4.79 Å². The molecule has 0 heterocycles. The molecule has 1 amide bonds. The third-order valence-corrected chi connectivity index (χ3v) is 4.24. The van der Waals surface area contributed by atoms with Gasteiger partial charge in [0.15, 0.2) is 11.5 Å². The predicted octanol–water partition coefficient (Wildman–Crippen LogP) is 4.35. The molecule has 4 heteroatoms. The Morgan fingerprint density at radius 3 is 2.40 bits per heavy atom. The first-order chi connectivity index (χ1) is 12.1. The molecule has 3 aromatic rings. The van der Waals surface area contributed by atoms with E-state index in [0.717, 1.165) is 27.6 Å². The highest BCUT2D eigenvalue weighted by Gasteiger charge is 2.12. The molecule has 0 saturated carbocycles. The van der Waals surface area contributed by atoms with E-state index in [-0.39, 0.29) is 5.91 Å². The number of rotatable bonds is 5. The highest BCUT2D eigenvalue weighted by atomic mass is 16.5. The Labute approximate surface area is 147 Å². The molecular formula is C21H21NO3. The molecule has 4 nitrogen and oxygen atoms in total. The van der Waals surface area contributed by atoms with Crippen molar-refractivity contribution in [3.63, 3.8) is 0 Å². The maximum absolute atomic E-state index is 12.5. The quantitative estimate of drug-likeness (QED) is 0.754. The monoisotopic (exact) mass is 335 g/mol. The van der Waals surface area contributed by atoms with Crippen LogP contribution in [0.2, 0.25) is 0 Å². The van der Waals surface area contributed by atoms with Crippen molar-refractivity contribution in [3.05, 3.63) is 65.7 Å². The summed E-state index contributed by atoms with van der Waals surface area (Å²) in [5.74, 6) is 1.17. The number of methoxy groups -OCH3 is 2. The van der Waals surface area contributed by atoms with Crippen LogP contribution in [0.25, 0.3) is 10.8 Å². The summed E-state index contributed by atoms with van der Waals surface area (Å²) in [7, 11) is 3.17. The summed E-state index contributed by atoms with van der Waals surface area (Å²) in [4.78, 5) is 12.5. The van der Waals surface area contributed by atoms with E-state index >= 15 is 0 Å². The highest BCUT2D eigenvalue weighted by Crippen LogP contribution is 2.33. The summed E-state index contributed by atoms with van der Waals surface area (Å²) in [5.41, 5.74) is 2.65. The highest BCUT2D eigenvalue weighted by molar-refractivity contribution is 5.96. The first-order valence-electron chi connectivity index (χ1n) is 8.11. The fourth-order valence-electron chi connectivity index (χ4n) is 2.93. The van der Waals surface area contributed by atoms with Crippen LogP contribution in [-0.2, 0) is 11.2 Å². The van der Waals surface area contributed by atoms with Crippen LogP contribution in [0.1, 0.15) is 11.1 Å². The fourth-order valence-corrected chi connectivity index (χ4v) is 2.93. The normalized spacial score (nSPS) is 10.5. The number of hydrogen-bond donors (Lipinski definition) is 1. The fraction of sp³-hybridized carbons (Fsp3) is 0.190. The number of nitrogens with one attached hydrogen (secondary N) is 1. The minimum atomic E-state index is -0.0633. The lowest BCUT2D eigenvalue weighted by Crippen LogP contribution is -2.15. The summed E-state index contributed by atoms with van der Waals surface area (Å²) in [6.45, 7) is 1.93. The molecule has 25 heavy (non-hydrogen) atoms. The molecular weight excluding hydrogens is 314 g/mol. The van der Waals surface area contributed by atoms with Crippen LogP contribution in [-0.4, -0.2) is 20.1 Å². The minimum Gasteiger partial charge on any atom is -0.493 e. The van der Waals surface area contributed by atoms with E-state index < -0.39 is 0 Å². The van der Waals surface area contributed by atoms with E-state index in [1.165, 1.54) is 0 Å². The van der Waals surface area contributed by atoms with Crippen LogP contribution in [0.15, 0.2) is 54.6 Å². The molecule has 0 aliphatic rings. The van der Waals surface area contributed by atoms with Gasteiger partial charge in [-0.1, -0.05) is 42.5 Å². The van der Waals surface area contributed by atoms with Crippen LogP contribution < -0.4 is 14.8 Å². The van der Waals surface area contributed by atoms with Gasteiger partial charge in [0.05, 0.1) is 20.6 Å². The Kier molecular flexibility index (Phi) is 4.89. The zero-order valence-corrected chi connectivity index (χ0v) is 14.6. The van der Waals surface area contributed by atoms with Crippen LogP contribution in [0.4, 0.5) is 5.69 Å². The lowest BCUT2D eigenvalue weighted by atomic mass is 10.0. The Hall–Kier alpha value is -3.01. The number of carbonyl (C=O) groups is 1. The van der Waals surface area contributed by atoms with E-state index in [2.05, 4.69) is 17.4 Å². The van der Waals surface area contributed by atoms with Gasteiger partial charge < -0.3 is 14.8 Å². The molecule has 0 radical (unpaired) electrons. The number of fused-ring (bicyclic) bond motifs is 1. The Balaban J connectivity index is 1.83. The molecule has 3 rings (SSSR count). The average molecular weight is 335 g/mol. The second kappa shape index (κ2) is 7.26. The first-order valence-corrected chi connectivity index (χ1v) is 8.11. The molecule has 3 aromatic carbocycles. The summed E-state index contributed by atoms with van der Waals surface area (Å²) in [6.07, 6.45) is 0.315. The molecule has 0 aromatic heterocycles. The van der Waals surface area contributed by atoms with Crippen molar-refractivity contribution < 1.29 is 14.3 Å². The lowest BCUT2D eigenvalue weighted by Gasteiger charge is -2.14. The Morgan fingerprint density at radius 2 is 1.64 bits per heavy atom. The molecule has 0 aliphatic carbocycles. The number of hydrogen-bond acceptors (Lipinski definition) is 3. The summed E-state index contributed by atoms with van der Waals surface area (Å²) in [6, 6.07) is 17.7. The van der Waals surface area contributed by atoms with Crippen molar-refractivity contribution in [1.82, 2.24) is 0 Å². The summed E-state index contributed by atoms with van der Waals surface area (Å²) >= 11 is 0. The van der Waals surface area contributed by atoms with Gasteiger partial charge in [-0.3, -0.25) is 4.79 Å². The molecule has 0 unspecified atom stereocenters. The van der Waals surface area contributed by atoms with Gasteiger partial charge in [-0.2, -0.15) is 0 Å². The van der Waals surface area contributed by atoms with Crippen LogP contribution in [0.5, 0.6) is 11.5 Å². The smallest absolute Gasteiger partial charge is 0.228 e. The SMILES string of the molecule is COc1cc(C)c(NC(=O)Cc2cccc3ccccc23)cc1OC. The number of benzene rings is 3. The van der Waals surface area contributed by atoms with Crippen LogP contribution in [0.3, 0.4) is 0 Å². The van der Waals surface area contributed by atoms with E-state index in [4.69, 9.17) is 9.47 Å². The molecule has 128 valence electrons. The van der Waals surface area contributed by atoms with E-state index in [0.29, 0.717) is 17.9 Å². The Morgan fingerprint density at radius 1 is 0.960 bits per heavy atom. The lowest BCUT2D eigenvalue weighted by molar-refractivity contribution is -0.115. The predicted molar refractivity (Wildman–Crippen MR) is 101 cm³/mol. The first kappa shape index (κ1) is 16.8. The molecule has 0 atom stereocenters. The average Bonchev–Trinajstić information content (AvgIpc) is 2.63. The van der Waals surface area contributed by atoms with Gasteiger partial charge >= 0.3 is 0 Å². The minimum absolute atomic E-state index is 0.0633. The van der Waals surface area contributed by atoms with Gasteiger partial charge in [-0.25, -0.2) is 0 Å². The van der Waals surface area contributed by atoms with Gasteiger partial charge in [0.1, 0.15) is 0 Å². The number of ether oxygens (including phenoxy) is 2. The standard InChI is InChI=1S/C21H21NO3/c1-14-11-19(24-2)20(25-3)13-18(14)22-21(23)12-16-9-6-8-15-7-4-5-10-17(15)16/h4-11,13H,12H2,1-3H3,(H,22,23). The molecule has 0 aliphatic heterocycles. The van der Waals surface area contributed by atoms with Crippen molar-refractivity contribution in [3.8, 4) is 11.5 Å². The van der Waals surface area contributed by atoms with E-state index in [1.807, 2.05) is 43.3 Å². The van der Waals surface area contributed by atoms with Crippen molar-refractivity contribution in [2.45, 2.75) is 13.3 Å². The maximum Gasteiger partial charge on any atom is 0.228 e. The van der Waals surface area contributed by atoms with Gasteiger partial charge in [-0.05, 0) is 34.9 Å². The maximum atomic E-state index is 12.5. The van der Waals surface area contributed by atoms with Gasteiger partial charge in [0, 0.05) is 11.8 Å². The largest absolute Gasteiger partial charge is 0.493 e. The molecule has 0 fully saturated rings. The number of aryl methyl sites for hydroxylation is 1. The van der Waals surface area contributed by atoms with Crippen molar-refractivity contribution in [2.75, 3.05) is 19.5 Å².